The molecule has 112 valence electrons. The van der Waals surface area contributed by atoms with Crippen molar-refractivity contribution in [2.45, 2.75) is 26.4 Å². The average Bonchev–Trinajstić information content (AvgIpc) is 2.42. The highest BCUT2D eigenvalue weighted by atomic mass is 19.4. The van der Waals surface area contributed by atoms with Gasteiger partial charge in [-0.05, 0) is 31.5 Å². The zero-order chi connectivity index (χ0) is 15.3. The second-order valence-electron chi connectivity index (χ2n) is 4.39. The third-order valence-electron chi connectivity index (χ3n) is 3.00. The summed E-state index contributed by atoms with van der Waals surface area (Å²) in [6.07, 6.45) is -3.73. The molecule has 1 aromatic carbocycles. The number of alkyl halides is 3. The standard InChI is InChI=1S/C14H19F3N2O/c1-4-8-19(5-2)13(20)10-6-7-12(18-3)11(9-10)14(15,16)17/h6-7,9,18H,4-5,8H2,1-3H3. The van der Waals surface area contributed by atoms with Crippen molar-refractivity contribution in [1.82, 2.24) is 4.90 Å². The number of hydrogen-bond acceptors (Lipinski definition) is 2. The molecule has 0 fully saturated rings. The second kappa shape index (κ2) is 6.63. The van der Waals surface area contributed by atoms with Gasteiger partial charge in [0, 0.05) is 31.4 Å². The highest BCUT2D eigenvalue weighted by Crippen LogP contribution is 2.35. The molecular weight excluding hydrogens is 269 g/mol. The van der Waals surface area contributed by atoms with Crippen LogP contribution in [0, 0.1) is 0 Å². The van der Waals surface area contributed by atoms with Crippen LogP contribution in [0.15, 0.2) is 18.2 Å². The van der Waals surface area contributed by atoms with Crippen molar-refractivity contribution in [1.29, 1.82) is 0 Å². The van der Waals surface area contributed by atoms with Crippen LogP contribution in [-0.4, -0.2) is 30.9 Å². The first-order valence-corrected chi connectivity index (χ1v) is 6.53. The summed E-state index contributed by atoms with van der Waals surface area (Å²) in [7, 11) is 1.42. The van der Waals surface area contributed by atoms with Gasteiger partial charge >= 0.3 is 6.18 Å². The maximum Gasteiger partial charge on any atom is 0.418 e. The summed E-state index contributed by atoms with van der Waals surface area (Å²) in [4.78, 5) is 13.7. The Labute approximate surface area is 116 Å². The van der Waals surface area contributed by atoms with Gasteiger partial charge in [-0.15, -0.1) is 0 Å². The summed E-state index contributed by atoms with van der Waals surface area (Å²) >= 11 is 0. The van der Waals surface area contributed by atoms with Gasteiger partial charge in [0.15, 0.2) is 0 Å². The van der Waals surface area contributed by atoms with E-state index in [1.807, 2.05) is 6.92 Å². The number of benzene rings is 1. The summed E-state index contributed by atoms with van der Waals surface area (Å²) in [5.74, 6) is -0.373. The third-order valence-corrected chi connectivity index (χ3v) is 3.00. The first-order chi connectivity index (χ1) is 9.35. The number of carbonyl (C=O) groups excluding carboxylic acids is 1. The molecule has 1 aromatic rings. The number of hydrogen-bond donors (Lipinski definition) is 1. The van der Waals surface area contributed by atoms with E-state index in [2.05, 4.69) is 5.32 Å². The molecule has 0 radical (unpaired) electrons. The largest absolute Gasteiger partial charge is 0.418 e. The Bertz CT molecular complexity index is 472. The normalized spacial score (nSPS) is 11.3. The lowest BCUT2D eigenvalue weighted by molar-refractivity contribution is -0.136. The van der Waals surface area contributed by atoms with Crippen molar-refractivity contribution < 1.29 is 18.0 Å². The van der Waals surface area contributed by atoms with Crippen LogP contribution in [-0.2, 0) is 6.18 Å². The highest BCUT2D eigenvalue weighted by Gasteiger charge is 2.34. The Hall–Kier alpha value is -1.72. The molecular formula is C14H19F3N2O. The zero-order valence-electron chi connectivity index (χ0n) is 11.8. The van der Waals surface area contributed by atoms with E-state index in [9.17, 15) is 18.0 Å². The lowest BCUT2D eigenvalue weighted by Crippen LogP contribution is -2.31. The van der Waals surface area contributed by atoms with Crippen LogP contribution in [0.5, 0.6) is 0 Å². The van der Waals surface area contributed by atoms with Crippen molar-refractivity contribution in [3.8, 4) is 0 Å². The van der Waals surface area contributed by atoms with E-state index in [4.69, 9.17) is 0 Å². The van der Waals surface area contributed by atoms with Gasteiger partial charge in [0.2, 0.25) is 0 Å². The predicted octanol–water partition coefficient (Wildman–Crippen LogP) is 3.62. The first kappa shape index (κ1) is 16.3. The van der Waals surface area contributed by atoms with Crippen molar-refractivity contribution in [3.05, 3.63) is 29.3 Å². The molecule has 0 aromatic heterocycles. The molecule has 0 unspecified atom stereocenters. The Balaban J connectivity index is 3.17. The molecule has 0 spiro atoms. The number of rotatable bonds is 5. The minimum Gasteiger partial charge on any atom is -0.388 e. The Kier molecular flexibility index (Phi) is 5.42. The van der Waals surface area contributed by atoms with Gasteiger partial charge in [0.25, 0.3) is 5.91 Å². The fourth-order valence-electron chi connectivity index (χ4n) is 1.99. The average molecular weight is 288 g/mol. The second-order valence-corrected chi connectivity index (χ2v) is 4.39. The van der Waals surface area contributed by atoms with Crippen LogP contribution in [0.4, 0.5) is 18.9 Å². The topological polar surface area (TPSA) is 32.3 Å². The zero-order valence-corrected chi connectivity index (χ0v) is 11.8. The van der Waals surface area contributed by atoms with Crippen LogP contribution in [0.25, 0.3) is 0 Å². The molecule has 3 nitrogen and oxygen atoms in total. The van der Waals surface area contributed by atoms with E-state index in [0.29, 0.717) is 13.1 Å². The van der Waals surface area contributed by atoms with Crippen molar-refractivity contribution in [2.75, 3.05) is 25.5 Å². The van der Waals surface area contributed by atoms with Gasteiger partial charge in [0.05, 0.1) is 5.56 Å². The number of amides is 1. The number of anilines is 1. The molecule has 0 aliphatic heterocycles. The van der Waals surface area contributed by atoms with E-state index in [-0.39, 0.29) is 17.2 Å². The van der Waals surface area contributed by atoms with Crippen LogP contribution >= 0.6 is 0 Å². The molecule has 0 saturated carbocycles. The summed E-state index contributed by atoms with van der Waals surface area (Å²) in [5, 5.41) is 2.49. The van der Waals surface area contributed by atoms with E-state index in [0.717, 1.165) is 12.5 Å². The van der Waals surface area contributed by atoms with Crippen molar-refractivity contribution in [3.63, 3.8) is 0 Å². The van der Waals surface area contributed by atoms with E-state index >= 15 is 0 Å². The quantitative estimate of drug-likeness (QED) is 0.897. The molecule has 0 atom stereocenters. The third kappa shape index (κ3) is 3.65. The lowest BCUT2D eigenvalue weighted by atomic mass is 10.1. The van der Waals surface area contributed by atoms with Crippen LogP contribution in [0.2, 0.25) is 0 Å². The Morgan fingerprint density at radius 1 is 1.30 bits per heavy atom. The minimum atomic E-state index is -4.49. The van der Waals surface area contributed by atoms with E-state index in [1.165, 1.54) is 24.1 Å². The molecule has 0 aliphatic carbocycles. The summed E-state index contributed by atoms with van der Waals surface area (Å²) in [6.45, 7) is 4.73. The van der Waals surface area contributed by atoms with Gasteiger partial charge in [-0.1, -0.05) is 6.92 Å². The van der Waals surface area contributed by atoms with Crippen LogP contribution in [0.1, 0.15) is 36.2 Å². The summed E-state index contributed by atoms with van der Waals surface area (Å²) < 4.78 is 38.8. The molecule has 1 rings (SSSR count). The highest BCUT2D eigenvalue weighted by molar-refractivity contribution is 5.95. The molecule has 0 saturated heterocycles. The van der Waals surface area contributed by atoms with Crippen LogP contribution < -0.4 is 5.32 Å². The van der Waals surface area contributed by atoms with Gasteiger partial charge in [0.1, 0.15) is 0 Å². The number of nitrogens with zero attached hydrogens (tertiary/aromatic N) is 1. The first-order valence-electron chi connectivity index (χ1n) is 6.53. The van der Waals surface area contributed by atoms with Gasteiger partial charge in [-0.3, -0.25) is 4.79 Å². The lowest BCUT2D eigenvalue weighted by Gasteiger charge is -2.21. The van der Waals surface area contributed by atoms with Gasteiger partial charge < -0.3 is 10.2 Å². The Morgan fingerprint density at radius 3 is 2.40 bits per heavy atom. The predicted molar refractivity (Wildman–Crippen MR) is 72.9 cm³/mol. The number of halogens is 3. The molecule has 20 heavy (non-hydrogen) atoms. The number of nitrogens with one attached hydrogen (secondary N) is 1. The smallest absolute Gasteiger partial charge is 0.388 e. The minimum absolute atomic E-state index is 0.0346. The SMILES string of the molecule is CCCN(CC)C(=O)c1ccc(NC)c(C(F)(F)F)c1. The van der Waals surface area contributed by atoms with Gasteiger partial charge in [-0.25, -0.2) is 0 Å². The van der Waals surface area contributed by atoms with E-state index < -0.39 is 11.7 Å². The van der Waals surface area contributed by atoms with Crippen molar-refractivity contribution in [2.24, 2.45) is 0 Å². The maximum atomic E-state index is 12.9. The fraction of sp³-hybridized carbons (Fsp3) is 0.500. The number of carbonyl (C=O) groups is 1. The van der Waals surface area contributed by atoms with Crippen LogP contribution in [0.3, 0.4) is 0 Å². The van der Waals surface area contributed by atoms with Crippen molar-refractivity contribution >= 4 is 11.6 Å². The molecule has 0 bridgehead atoms. The summed E-state index contributed by atoms with van der Waals surface area (Å²) in [6, 6.07) is 3.62. The molecule has 0 aliphatic rings. The van der Waals surface area contributed by atoms with E-state index in [1.54, 1.807) is 6.92 Å². The monoisotopic (exact) mass is 288 g/mol. The molecule has 6 heteroatoms. The fourth-order valence-corrected chi connectivity index (χ4v) is 1.99. The molecule has 1 amide bonds. The molecule has 1 N–H and O–H groups in total. The maximum absolute atomic E-state index is 12.9. The van der Waals surface area contributed by atoms with Gasteiger partial charge in [-0.2, -0.15) is 13.2 Å². The Morgan fingerprint density at radius 2 is 1.95 bits per heavy atom. The summed E-state index contributed by atoms with van der Waals surface area (Å²) in [5.41, 5.74) is -0.794. The molecule has 0 heterocycles.